The van der Waals surface area contributed by atoms with Crippen molar-refractivity contribution < 1.29 is 17.9 Å². The summed E-state index contributed by atoms with van der Waals surface area (Å²) in [6.45, 7) is 1.47. The average molecular weight is 418 g/mol. The molecule has 0 radical (unpaired) electrons. The summed E-state index contributed by atoms with van der Waals surface area (Å²) in [6.07, 6.45) is 1.50. The molecule has 0 saturated heterocycles. The standard InChI is InChI=1S/C19H19N3O4S2/c1-14-8-9-17(26-2)16(12-14)21-18(23)13-22(19-20-10-11-27-19)28(24,25)15-6-4-3-5-7-15/h3-12H,13H2,1-2H3,(H,21,23). The van der Waals surface area contributed by atoms with E-state index in [4.69, 9.17) is 4.74 Å². The number of anilines is 2. The quantitative estimate of drug-likeness (QED) is 0.637. The Kier molecular flexibility index (Phi) is 5.96. The van der Waals surface area contributed by atoms with Gasteiger partial charge in [0.2, 0.25) is 5.91 Å². The fourth-order valence-electron chi connectivity index (χ4n) is 2.55. The van der Waals surface area contributed by atoms with Crippen LogP contribution >= 0.6 is 11.3 Å². The van der Waals surface area contributed by atoms with Crippen LogP contribution in [0.4, 0.5) is 10.8 Å². The van der Waals surface area contributed by atoms with Crippen molar-refractivity contribution in [2.24, 2.45) is 0 Å². The van der Waals surface area contributed by atoms with Crippen LogP contribution < -0.4 is 14.4 Å². The number of aryl methyl sites for hydroxylation is 1. The number of aromatic nitrogens is 1. The third-order valence-corrected chi connectivity index (χ3v) is 6.54. The van der Waals surface area contributed by atoms with Crippen molar-refractivity contribution >= 4 is 38.1 Å². The van der Waals surface area contributed by atoms with Crippen LogP contribution in [0.15, 0.2) is 65.0 Å². The van der Waals surface area contributed by atoms with Crippen LogP contribution in [0.2, 0.25) is 0 Å². The Morgan fingerprint density at radius 2 is 1.96 bits per heavy atom. The Hall–Kier alpha value is -2.91. The van der Waals surface area contributed by atoms with Crippen LogP contribution in [0, 0.1) is 6.92 Å². The first-order valence-electron chi connectivity index (χ1n) is 8.33. The van der Waals surface area contributed by atoms with Crippen LogP contribution in [0.5, 0.6) is 5.75 Å². The van der Waals surface area contributed by atoms with Crippen molar-refractivity contribution in [3.05, 3.63) is 65.7 Å². The Balaban J connectivity index is 1.89. The first kappa shape index (κ1) is 19.8. The van der Waals surface area contributed by atoms with Crippen molar-refractivity contribution in [3.8, 4) is 5.75 Å². The minimum absolute atomic E-state index is 0.0890. The summed E-state index contributed by atoms with van der Waals surface area (Å²) in [4.78, 5) is 16.8. The molecule has 0 aliphatic carbocycles. The number of nitrogens with zero attached hydrogens (tertiary/aromatic N) is 2. The SMILES string of the molecule is COc1ccc(C)cc1NC(=O)CN(c1nccs1)S(=O)(=O)c1ccccc1. The summed E-state index contributed by atoms with van der Waals surface area (Å²) >= 11 is 1.14. The number of sulfonamides is 1. The highest BCUT2D eigenvalue weighted by atomic mass is 32.2. The Labute approximate surface area is 167 Å². The van der Waals surface area contributed by atoms with E-state index in [0.717, 1.165) is 21.2 Å². The van der Waals surface area contributed by atoms with Gasteiger partial charge in [0, 0.05) is 11.6 Å². The Morgan fingerprint density at radius 1 is 1.21 bits per heavy atom. The van der Waals surface area contributed by atoms with E-state index in [1.54, 1.807) is 35.7 Å². The van der Waals surface area contributed by atoms with E-state index in [1.807, 2.05) is 13.0 Å². The molecule has 28 heavy (non-hydrogen) atoms. The fraction of sp³-hybridized carbons (Fsp3) is 0.158. The van der Waals surface area contributed by atoms with E-state index in [2.05, 4.69) is 10.3 Å². The van der Waals surface area contributed by atoms with Crippen molar-refractivity contribution in [2.45, 2.75) is 11.8 Å². The molecular formula is C19H19N3O4S2. The minimum Gasteiger partial charge on any atom is -0.495 e. The van der Waals surface area contributed by atoms with E-state index >= 15 is 0 Å². The Bertz CT molecular complexity index is 1050. The van der Waals surface area contributed by atoms with Gasteiger partial charge in [0.15, 0.2) is 5.13 Å². The van der Waals surface area contributed by atoms with Crippen LogP contribution in [0.1, 0.15) is 5.56 Å². The van der Waals surface area contributed by atoms with E-state index in [9.17, 15) is 13.2 Å². The second-order valence-corrected chi connectivity index (χ2v) is 8.63. The topological polar surface area (TPSA) is 88.6 Å². The zero-order chi connectivity index (χ0) is 20.1. The molecule has 1 heterocycles. The molecule has 0 aliphatic heterocycles. The zero-order valence-electron chi connectivity index (χ0n) is 15.3. The molecule has 1 aromatic heterocycles. The van der Waals surface area contributed by atoms with Crippen LogP contribution in [0.3, 0.4) is 0 Å². The van der Waals surface area contributed by atoms with Gasteiger partial charge in [-0.05, 0) is 36.8 Å². The summed E-state index contributed by atoms with van der Waals surface area (Å²) in [5.74, 6) is -0.00993. The van der Waals surface area contributed by atoms with E-state index in [-0.39, 0.29) is 10.0 Å². The lowest BCUT2D eigenvalue weighted by molar-refractivity contribution is -0.114. The molecule has 1 amide bonds. The minimum atomic E-state index is -3.95. The molecule has 146 valence electrons. The maximum Gasteiger partial charge on any atom is 0.266 e. The van der Waals surface area contributed by atoms with E-state index in [1.165, 1.54) is 25.4 Å². The summed E-state index contributed by atoms with van der Waals surface area (Å²) in [7, 11) is -2.44. The van der Waals surface area contributed by atoms with Gasteiger partial charge in [0.1, 0.15) is 12.3 Å². The van der Waals surface area contributed by atoms with Crippen LogP contribution in [-0.2, 0) is 14.8 Å². The molecule has 0 atom stereocenters. The predicted octanol–water partition coefficient (Wildman–Crippen LogP) is 3.29. The van der Waals surface area contributed by atoms with Crippen LogP contribution in [-0.4, -0.2) is 33.0 Å². The number of nitrogens with one attached hydrogen (secondary N) is 1. The molecule has 1 N–H and O–H groups in total. The van der Waals surface area contributed by atoms with Gasteiger partial charge in [-0.15, -0.1) is 11.3 Å². The van der Waals surface area contributed by atoms with E-state index < -0.39 is 22.5 Å². The molecule has 3 rings (SSSR count). The number of hydrogen-bond acceptors (Lipinski definition) is 6. The monoisotopic (exact) mass is 417 g/mol. The number of thiazole rings is 1. The molecule has 0 fully saturated rings. The zero-order valence-corrected chi connectivity index (χ0v) is 17.0. The van der Waals surface area contributed by atoms with Crippen molar-refractivity contribution in [1.82, 2.24) is 4.98 Å². The fourth-order valence-corrected chi connectivity index (χ4v) is 4.82. The van der Waals surface area contributed by atoms with E-state index in [0.29, 0.717) is 11.4 Å². The number of ether oxygens (including phenoxy) is 1. The molecule has 0 bridgehead atoms. The third kappa shape index (κ3) is 4.32. The highest BCUT2D eigenvalue weighted by molar-refractivity contribution is 7.93. The normalized spacial score (nSPS) is 11.1. The van der Waals surface area contributed by atoms with Gasteiger partial charge < -0.3 is 10.1 Å². The first-order valence-corrected chi connectivity index (χ1v) is 10.7. The maximum absolute atomic E-state index is 13.1. The number of rotatable bonds is 7. The molecule has 0 unspecified atom stereocenters. The average Bonchev–Trinajstić information content (AvgIpc) is 3.21. The molecule has 2 aromatic carbocycles. The molecule has 7 nitrogen and oxygen atoms in total. The van der Waals surface area contributed by atoms with Crippen molar-refractivity contribution in [2.75, 3.05) is 23.3 Å². The smallest absolute Gasteiger partial charge is 0.266 e. The molecule has 0 spiro atoms. The van der Waals surface area contributed by atoms with Gasteiger partial charge in [-0.2, -0.15) is 0 Å². The lowest BCUT2D eigenvalue weighted by Crippen LogP contribution is -2.38. The Morgan fingerprint density at radius 3 is 2.61 bits per heavy atom. The van der Waals surface area contributed by atoms with Gasteiger partial charge in [-0.25, -0.2) is 17.7 Å². The molecule has 9 heteroatoms. The number of benzene rings is 2. The van der Waals surface area contributed by atoms with Crippen LogP contribution in [0.25, 0.3) is 0 Å². The summed E-state index contributed by atoms with van der Waals surface area (Å²) < 4.78 is 32.4. The number of hydrogen-bond donors (Lipinski definition) is 1. The second kappa shape index (κ2) is 8.41. The summed E-state index contributed by atoms with van der Waals surface area (Å²) in [5, 5.41) is 4.60. The highest BCUT2D eigenvalue weighted by Crippen LogP contribution is 2.27. The number of carbonyl (C=O) groups is 1. The van der Waals surface area contributed by atoms with Gasteiger partial charge >= 0.3 is 0 Å². The molecule has 3 aromatic rings. The largest absolute Gasteiger partial charge is 0.495 e. The third-order valence-electron chi connectivity index (χ3n) is 3.88. The number of amides is 1. The predicted molar refractivity (Wildman–Crippen MR) is 109 cm³/mol. The second-order valence-electron chi connectivity index (χ2n) is 5.89. The lowest BCUT2D eigenvalue weighted by atomic mass is 10.2. The molecular weight excluding hydrogens is 398 g/mol. The summed E-state index contributed by atoms with van der Waals surface area (Å²) in [5.41, 5.74) is 1.41. The highest BCUT2D eigenvalue weighted by Gasteiger charge is 2.29. The molecule has 0 aliphatic rings. The summed E-state index contributed by atoms with van der Waals surface area (Å²) in [6, 6.07) is 13.3. The van der Waals surface area contributed by atoms with Crippen molar-refractivity contribution in [3.63, 3.8) is 0 Å². The van der Waals surface area contributed by atoms with Gasteiger partial charge in [-0.1, -0.05) is 24.3 Å². The van der Waals surface area contributed by atoms with Gasteiger partial charge in [0.05, 0.1) is 17.7 Å². The lowest BCUT2D eigenvalue weighted by Gasteiger charge is -2.21. The van der Waals surface area contributed by atoms with Crippen molar-refractivity contribution in [1.29, 1.82) is 0 Å². The first-order chi connectivity index (χ1) is 13.4. The van der Waals surface area contributed by atoms with Gasteiger partial charge in [0.25, 0.3) is 10.0 Å². The number of carbonyl (C=O) groups excluding carboxylic acids is 1. The maximum atomic E-state index is 13.1. The molecule has 0 saturated carbocycles. The van der Waals surface area contributed by atoms with Gasteiger partial charge in [-0.3, -0.25) is 4.79 Å². The number of methoxy groups -OCH3 is 1.